The van der Waals surface area contributed by atoms with Crippen LogP contribution in [0.5, 0.6) is 0 Å². The van der Waals surface area contributed by atoms with Crippen LogP contribution in [0.2, 0.25) is 0 Å². The second-order valence-electron chi connectivity index (χ2n) is 4.51. The number of hydrogen-bond acceptors (Lipinski definition) is 5. The molecule has 20 heavy (non-hydrogen) atoms. The lowest BCUT2D eigenvalue weighted by Crippen LogP contribution is -2.31. The van der Waals surface area contributed by atoms with E-state index >= 15 is 0 Å². The van der Waals surface area contributed by atoms with Gasteiger partial charge in [0.15, 0.2) is 0 Å². The lowest BCUT2D eigenvalue weighted by atomic mass is 10.1. The molecule has 0 fully saturated rings. The highest BCUT2D eigenvalue weighted by Crippen LogP contribution is 2.21. The second kappa shape index (κ2) is 6.79. The number of rotatable bonds is 5. The molecular formula is C14H20N4O2. The molecule has 108 valence electrons. The number of para-hydroxylation sites is 1. The fourth-order valence-electron chi connectivity index (χ4n) is 2.09. The van der Waals surface area contributed by atoms with Gasteiger partial charge in [0.1, 0.15) is 12.0 Å². The molecule has 0 saturated heterocycles. The van der Waals surface area contributed by atoms with Gasteiger partial charge in [-0.15, -0.1) is 0 Å². The van der Waals surface area contributed by atoms with Gasteiger partial charge in [0, 0.05) is 17.8 Å². The Bertz CT molecular complexity index is 502. The molecular weight excluding hydrogens is 256 g/mol. The Morgan fingerprint density at radius 3 is 3.10 bits per heavy atom. The van der Waals surface area contributed by atoms with Crippen molar-refractivity contribution in [3.63, 3.8) is 0 Å². The van der Waals surface area contributed by atoms with E-state index in [9.17, 15) is 4.79 Å². The molecule has 1 aromatic carbocycles. The fraction of sp³-hybridized carbons (Fsp3) is 0.429. The van der Waals surface area contributed by atoms with Crippen LogP contribution in [-0.2, 0) is 4.74 Å². The number of alkyl carbamates (subject to hydrolysis) is 1. The second-order valence-corrected chi connectivity index (χ2v) is 4.51. The summed E-state index contributed by atoms with van der Waals surface area (Å²) in [5.74, 6) is 0.558. The first-order chi connectivity index (χ1) is 9.70. The smallest absolute Gasteiger partial charge is 0.407 e. The van der Waals surface area contributed by atoms with E-state index in [0.717, 1.165) is 24.1 Å². The number of amides is 1. The summed E-state index contributed by atoms with van der Waals surface area (Å²) in [4.78, 5) is 15.5. The summed E-state index contributed by atoms with van der Waals surface area (Å²) in [6.07, 6.45) is 1.17. The molecule has 0 aliphatic carbocycles. The average Bonchev–Trinajstić information content (AvgIpc) is 2.44. The maximum Gasteiger partial charge on any atom is 0.407 e. The number of fused-ring (bicyclic) bond motifs is 1. The molecule has 0 saturated carbocycles. The molecule has 1 atom stereocenters. The summed E-state index contributed by atoms with van der Waals surface area (Å²) in [6.45, 7) is 2.72. The minimum Gasteiger partial charge on any atom is -0.450 e. The Labute approximate surface area is 118 Å². The number of nitrogens with zero attached hydrogens (tertiary/aromatic N) is 1. The Hall–Kier alpha value is -2.24. The first-order valence-corrected chi connectivity index (χ1v) is 6.80. The highest BCUT2D eigenvalue weighted by atomic mass is 16.5. The zero-order chi connectivity index (χ0) is 14.4. The molecule has 1 aromatic rings. The number of anilines is 1. The van der Waals surface area contributed by atoms with Crippen molar-refractivity contribution in [3.05, 3.63) is 29.8 Å². The van der Waals surface area contributed by atoms with Gasteiger partial charge in [0.05, 0.1) is 6.61 Å². The highest BCUT2D eigenvalue weighted by Gasteiger charge is 2.17. The zero-order valence-corrected chi connectivity index (χ0v) is 11.6. The third kappa shape index (κ3) is 3.63. The lowest BCUT2D eigenvalue weighted by Gasteiger charge is -2.23. The van der Waals surface area contributed by atoms with E-state index in [1.165, 1.54) is 0 Å². The monoisotopic (exact) mass is 276 g/mol. The molecule has 6 heteroatoms. The number of benzene rings is 1. The summed E-state index contributed by atoms with van der Waals surface area (Å²) >= 11 is 0. The predicted octanol–water partition coefficient (Wildman–Crippen LogP) is 1.67. The SMILES string of the molecule is CCOC(=O)NCCCC1N=C(N)c2ccccc2N1. The first kappa shape index (κ1) is 14.2. The standard InChI is InChI=1S/C14H20N4O2/c1-2-20-14(19)16-9-5-8-12-17-11-7-4-3-6-10(11)13(15)18-12/h3-4,6-7,12,17H,2,5,8-9H2,1H3,(H2,15,18)(H,16,19). The first-order valence-electron chi connectivity index (χ1n) is 6.80. The Morgan fingerprint density at radius 1 is 1.50 bits per heavy atom. The Kier molecular flexibility index (Phi) is 4.81. The highest BCUT2D eigenvalue weighted by molar-refractivity contribution is 6.03. The van der Waals surface area contributed by atoms with Crippen LogP contribution >= 0.6 is 0 Å². The molecule has 0 radical (unpaired) electrons. The van der Waals surface area contributed by atoms with Crippen LogP contribution in [-0.4, -0.2) is 31.2 Å². The lowest BCUT2D eigenvalue weighted by molar-refractivity contribution is 0.152. The van der Waals surface area contributed by atoms with Crippen LogP contribution in [0.15, 0.2) is 29.3 Å². The zero-order valence-electron chi connectivity index (χ0n) is 11.6. The van der Waals surface area contributed by atoms with Gasteiger partial charge in [-0.2, -0.15) is 0 Å². The number of amidine groups is 1. The summed E-state index contributed by atoms with van der Waals surface area (Å²) in [5, 5.41) is 6.01. The maximum absolute atomic E-state index is 11.1. The molecule has 1 unspecified atom stereocenters. The molecule has 1 aliphatic rings. The van der Waals surface area contributed by atoms with Crippen molar-refractivity contribution in [2.45, 2.75) is 25.9 Å². The predicted molar refractivity (Wildman–Crippen MR) is 78.8 cm³/mol. The van der Waals surface area contributed by atoms with E-state index in [1.54, 1.807) is 6.92 Å². The van der Waals surface area contributed by atoms with Gasteiger partial charge in [0.2, 0.25) is 0 Å². The van der Waals surface area contributed by atoms with Gasteiger partial charge in [-0.05, 0) is 31.9 Å². The molecule has 0 bridgehead atoms. The average molecular weight is 276 g/mol. The van der Waals surface area contributed by atoms with Crippen molar-refractivity contribution >= 4 is 17.6 Å². The Balaban J connectivity index is 1.79. The van der Waals surface area contributed by atoms with Crippen LogP contribution in [0.25, 0.3) is 0 Å². The molecule has 1 heterocycles. The summed E-state index contributed by atoms with van der Waals surface area (Å²) in [7, 11) is 0. The molecule has 0 aromatic heterocycles. The van der Waals surface area contributed by atoms with E-state index in [0.29, 0.717) is 19.0 Å². The number of aliphatic imine (C=N–C) groups is 1. The fourth-order valence-corrected chi connectivity index (χ4v) is 2.09. The van der Waals surface area contributed by atoms with E-state index in [4.69, 9.17) is 10.5 Å². The number of nitrogens with two attached hydrogens (primary N) is 1. The quantitative estimate of drug-likeness (QED) is 0.714. The van der Waals surface area contributed by atoms with Gasteiger partial charge < -0.3 is 21.1 Å². The van der Waals surface area contributed by atoms with Crippen LogP contribution < -0.4 is 16.4 Å². The maximum atomic E-state index is 11.1. The molecule has 1 aliphatic heterocycles. The molecule has 1 amide bonds. The van der Waals surface area contributed by atoms with E-state index in [2.05, 4.69) is 15.6 Å². The summed E-state index contributed by atoms with van der Waals surface area (Å²) < 4.78 is 4.78. The van der Waals surface area contributed by atoms with Gasteiger partial charge in [-0.25, -0.2) is 9.79 Å². The van der Waals surface area contributed by atoms with Crippen LogP contribution in [0, 0.1) is 0 Å². The Morgan fingerprint density at radius 2 is 2.30 bits per heavy atom. The van der Waals surface area contributed by atoms with E-state index in [-0.39, 0.29) is 12.3 Å². The number of carbonyl (C=O) groups is 1. The topological polar surface area (TPSA) is 88.7 Å². The third-order valence-corrected chi connectivity index (χ3v) is 3.02. The van der Waals surface area contributed by atoms with Crippen molar-refractivity contribution in [1.82, 2.24) is 5.32 Å². The number of carbonyl (C=O) groups excluding carboxylic acids is 1. The van der Waals surface area contributed by atoms with Gasteiger partial charge in [-0.3, -0.25) is 0 Å². The van der Waals surface area contributed by atoms with Gasteiger partial charge >= 0.3 is 6.09 Å². The number of nitrogens with one attached hydrogen (secondary N) is 2. The van der Waals surface area contributed by atoms with E-state index in [1.807, 2.05) is 24.3 Å². The van der Waals surface area contributed by atoms with Crippen molar-refractivity contribution in [3.8, 4) is 0 Å². The van der Waals surface area contributed by atoms with Crippen molar-refractivity contribution in [2.75, 3.05) is 18.5 Å². The molecule has 6 nitrogen and oxygen atoms in total. The molecule has 2 rings (SSSR count). The summed E-state index contributed by atoms with van der Waals surface area (Å²) in [5.41, 5.74) is 7.89. The minimum absolute atomic E-state index is 0.0473. The van der Waals surface area contributed by atoms with Gasteiger partial charge in [0.25, 0.3) is 0 Å². The van der Waals surface area contributed by atoms with Crippen LogP contribution in [0.3, 0.4) is 0 Å². The number of ether oxygens (including phenoxy) is 1. The normalized spacial score (nSPS) is 16.6. The summed E-state index contributed by atoms with van der Waals surface area (Å²) in [6, 6.07) is 7.83. The largest absolute Gasteiger partial charge is 0.450 e. The van der Waals surface area contributed by atoms with E-state index < -0.39 is 0 Å². The van der Waals surface area contributed by atoms with Crippen molar-refractivity contribution in [1.29, 1.82) is 0 Å². The van der Waals surface area contributed by atoms with Crippen LogP contribution in [0.4, 0.5) is 10.5 Å². The van der Waals surface area contributed by atoms with Crippen molar-refractivity contribution in [2.24, 2.45) is 10.7 Å². The molecule has 0 spiro atoms. The minimum atomic E-state index is -0.377. The van der Waals surface area contributed by atoms with Crippen molar-refractivity contribution < 1.29 is 9.53 Å². The number of hydrogen-bond donors (Lipinski definition) is 3. The van der Waals surface area contributed by atoms with Crippen LogP contribution in [0.1, 0.15) is 25.3 Å². The molecule has 4 N–H and O–H groups in total. The third-order valence-electron chi connectivity index (χ3n) is 3.02. The van der Waals surface area contributed by atoms with Gasteiger partial charge in [-0.1, -0.05) is 12.1 Å².